The number of benzene rings is 2. The fourth-order valence-electron chi connectivity index (χ4n) is 4.94. The molecule has 0 aliphatic heterocycles. The molecule has 0 fully saturated rings. The van der Waals surface area contributed by atoms with Gasteiger partial charge in [0.05, 0.1) is 13.5 Å². The Labute approximate surface area is 229 Å². The Bertz CT molecular complexity index is 1350. The second-order valence-corrected chi connectivity index (χ2v) is 11.9. The van der Waals surface area contributed by atoms with Gasteiger partial charge in [0.1, 0.15) is 11.3 Å². The van der Waals surface area contributed by atoms with Crippen molar-refractivity contribution in [2.75, 3.05) is 12.9 Å². The molecule has 2 N–H and O–H groups in total. The average Bonchev–Trinajstić information content (AvgIpc) is 2.85. The molecule has 0 bridgehead atoms. The Morgan fingerprint density at radius 2 is 1.74 bits per heavy atom. The number of hydrogen-bond acceptors (Lipinski definition) is 7. The number of carbonyl (C=O) groups excluding carboxylic acids is 1. The normalized spacial score (nSPS) is 11.7. The molecule has 0 aliphatic rings. The van der Waals surface area contributed by atoms with Crippen LogP contribution in [0.3, 0.4) is 0 Å². The van der Waals surface area contributed by atoms with Crippen LogP contribution in [-0.2, 0) is 40.6 Å². The predicted octanol–water partition coefficient (Wildman–Crippen LogP) is 6.85. The first kappa shape index (κ1) is 29.6. The fraction of sp³-hybridized carbons (Fsp3) is 0.484. The summed E-state index contributed by atoms with van der Waals surface area (Å²) in [6, 6.07) is 7.94. The molecule has 1 aromatic heterocycles. The first-order chi connectivity index (χ1) is 18.0. The molecule has 0 amide bonds. The number of phenolic OH excluding ortho intramolecular Hbond substituents is 1. The van der Waals surface area contributed by atoms with Crippen LogP contribution in [0.2, 0.25) is 0 Å². The summed E-state index contributed by atoms with van der Waals surface area (Å²) < 4.78 is 10.4. The molecule has 38 heavy (non-hydrogen) atoms. The van der Waals surface area contributed by atoms with Crippen LogP contribution >= 0.6 is 11.8 Å². The lowest BCUT2D eigenvalue weighted by Gasteiger charge is -2.24. The Morgan fingerprint density at radius 3 is 2.37 bits per heavy atom. The number of rotatable bonds is 11. The first-order valence-corrected chi connectivity index (χ1v) is 14.4. The van der Waals surface area contributed by atoms with Gasteiger partial charge in [-0.2, -0.15) is 0 Å². The molecule has 7 heteroatoms. The highest BCUT2D eigenvalue weighted by Crippen LogP contribution is 2.41. The van der Waals surface area contributed by atoms with Crippen molar-refractivity contribution in [2.45, 2.75) is 89.9 Å². The largest absolute Gasteiger partial charge is 0.508 e. The number of aryl methyl sites for hydroxylation is 3. The third kappa shape index (κ3) is 6.73. The van der Waals surface area contributed by atoms with E-state index >= 15 is 0 Å². The van der Waals surface area contributed by atoms with E-state index < -0.39 is 11.0 Å². The third-order valence-corrected chi connectivity index (χ3v) is 7.84. The van der Waals surface area contributed by atoms with Gasteiger partial charge in [-0.1, -0.05) is 59.6 Å². The Hall–Kier alpha value is -2.93. The van der Waals surface area contributed by atoms with E-state index in [4.69, 9.17) is 9.15 Å². The monoisotopic (exact) mass is 540 g/mol. The summed E-state index contributed by atoms with van der Waals surface area (Å²) in [4.78, 5) is 25.5. The van der Waals surface area contributed by atoms with Gasteiger partial charge < -0.3 is 19.4 Å². The zero-order chi connectivity index (χ0) is 28.0. The minimum atomic E-state index is -0.772. The smallest absolute Gasteiger partial charge is 0.379 e. The highest BCUT2D eigenvalue weighted by molar-refractivity contribution is 7.99. The van der Waals surface area contributed by atoms with E-state index in [-0.39, 0.29) is 23.9 Å². The molecule has 0 unspecified atom stereocenters. The quantitative estimate of drug-likeness (QED) is 0.119. The molecule has 0 radical (unpaired) electrons. The number of fused-ring (bicyclic) bond motifs is 1. The van der Waals surface area contributed by atoms with Gasteiger partial charge in [0.2, 0.25) is 5.75 Å². The van der Waals surface area contributed by atoms with E-state index in [1.165, 1.54) is 17.6 Å². The van der Waals surface area contributed by atoms with Gasteiger partial charge in [0.15, 0.2) is 0 Å². The van der Waals surface area contributed by atoms with Crippen molar-refractivity contribution in [1.29, 1.82) is 0 Å². The molecular weight excluding hydrogens is 500 g/mol. The average molecular weight is 541 g/mol. The minimum absolute atomic E-state index is 0.127. The number of aromatic hydroxyl groups is 2. The van der Waals surface area contributed by atoms with E-state index in [1.807, 2.05) is 33.8 Å². The summed E-state index contributed by atoms with van der Waals surface area (Å²) in [7, 11) is 1.40. The van der Waals surface area contributed by atoms with Gasteiger partial charge in [-0.15, -0.1) is 11.8 Å². The predicted molar refractivity (Wildman–Crippen MR) is 154 cm³/mol. The van der Waals surface area contributed by atoms with Gasteiger partial charge >= 0.3 is 11.6 Å². The van der Waals surface area contributed by atoms with Crippen molar-refractivity contribution in [3.05, 3.63) is 62.5 Å². The summed E-state index contributed by atoms with van der Waals surface area (Å²) in [6.45, 7) is 10.0. The highest BCUT2D eigenvalue weighted by atomic mass is 32.2. The SMILES string of the molecule is CCCc1cc(CC(=O)OC)ccc1SCCCc1cc(O)c(CCC)c2oc(=O)c(O)c(C(C)(C)C)c12. The molecule has 206 valence electrons. The lowest BCUT2D eigenvalue weighted by Crippen LogP contribution is -2.17. The summed E-state index contributed by atoms with van der Waals surface area (Å²) in [6.07, 6.45) is 5.04. The van der Waals surface area contributed by atoms with Crippen molar-refractivity contribution in [2.24, 2.45) is 0 Å². The topological polar surface area (TPSA) is 97.0 Å². The van der Waals surface area contributed by atoms with E-state index in [9.17, 15) is 19.8 Å². The molecule has 2 aromatic carbocycles. The van der Waals surface area contributed by atoms with Gasteiger partial charge in [-0.25, -0.2) is 4.79 Å². The lowest BCUT2D eigenvalue weighted by atomic mass is 9.81. The molecule has 6 nitrogen and oxygen atoms in total. The van der Waals surface area contributed by atoms with Crippen molar-refractivity contribution >= 4 is 28.7 Å². The number of ether oxygens (including phenoxy) is 1. The number of phenols is 1. The number of hydrogen-bond donors (Lipinski definition) is 2. The summed E-state index contributed by atoms with van der Waals surface area (Å²) in [5.41, 5.74) is 3.34. The van der Waals surface area contributed by atoms with Crippen LogP contribution in [0.15, 0.2) is 38.4 Å². The molecule has 0 saturated carbocycles. The number of carbonyl (C=O) groups is 1. The van der Waals surface area contributed by atoms with Crippen molar-refractivity contribution < 1.29 is 24.2 Å². The third-order valence-electron chi connectivity index (χ3n) is 6.64. The zero-order valence-electron chi connectivity index (χ0n) is 23.4. The molecule has 0 saturated heterocycles. The molecular formula is C31H40O6S. The van der Waals surface area contributed by atoms with Crippen LogP contribution in [0.4, 0.5) is 0 Å². The standard InChI is InChI=1S/C31H40O6S/c1-7-10-20-16-19(17-25(33)36-6)13-14-24(20)38-15-9-12-21-18-23(32)22(11-8-2)29-26(21)27(31(3,4)5)28(34)30(35)37-29/h13-14,16,18,32,34H,7-12,15,17H2,1-6H3. The summed E-state index contributed by atoms with van der Waals surface area (Å²) >= 11 is 1.77. The van der Waals surface area contributed by atoms with Gasteiger partial charge in [-0.05, 0) is 65.7 Å². The molecule has 1 heterocycles. The van der Waals surface area contributed by atoms with Crippen LogP contribution in [0, 0.1) is 0 Å². The molecule has 3 rings (SSSR count). The number of esters is 1. The maximum absolute atomic E-state index is 12.6. The van der Waals surface area contributed by atoms with Gasteiger partial charge in [0, 0.05) is 21.4 Å². The highest BCUT2D eigenvalue weighted by Gasteiger charge is 2.28. The van der Waals surface area contributed by atoms with Crippen molar-refractivity contribution in [3.63, 3.8) is 0 Å². The van der Waals surface area contributed by atoms with E-state index in [1.54, 1.807) is 17.8 Å². The van der Waals surface area contributed by atoms with Crippen LogP contribution in [0.5, 0.6) is 11.5 Å². The second-order valence-electron chi connectivity index (χ2n) is 10.7. The van der Waals surface area contributed by atoms with Crippen LogP contribution < -0.4 is 5.63 Å². The van der Waals surface area contributed by atoms with E-state index in [0.717, 1.165) is 47.9 Å². The second kappa shape index (κ2) is 12.7. The van der Waals surface area contributed by atoms with Gasteiger partial charge in [0.25, 0.3) is 0 Å². The maximum Gasteiger partial charge on any atom is 0.379 e. The van der Waals surface area contributed by atoms with Crippen molar-refractivity contribution in [3.8, 4) is 11.5 Å². The first-order valence-electron chi connectivity index (χ1n) is 13.4. The van der Waals surface area contributed by atoms with Crippen LogP contribution in [0.25, 0.3) is 11.0 Å². The van der Waals surface area contributed by atoms with E-state index in [2.05, 4.69) is 19.1 Å². The molecule has 0 aliphatic carbocycles. The Balaban J connectivity index is 1.90. The molecule has 0 atom stereocenters. The van der Waals surface area contributed by atoms with E-state index in [0.29, 0.717) is 29.6 Å². The number of methoxy groups -OCH3 is 1. The van der Waals surface area contributed by atoms with Crippen LogP contribution in [-0.4, -0.2) is 29.0 Å². The molecule has 3 aromatic rings. The fourth-order valence-corrected chi connectivity index (χ4v) is 5.96. The Morgan fingerprint density at radius 1 is 1.03 bits per heavy atom. The summed E-state index contributed by atoms with van der Waals surface area (Å²) in [5, 5.41) is 22.3. The lowest BCUT2D eigenvalue weighted by molar-refractivity contribution is -0.139. The van der Waals surface area contributed by atoms with Gasteiger partial charge in [-0.3, -0.25) is 4.79 Å². The number of thioether (sulfide) groups is 1. The zero-order valence-corrected chi connectivity index (χ0v) is 24.2. The Kier molecular flexibility index (Phi) is 9.94. The van der Waals surface area contributed by atoms with Crippen LogP contribution in [0.1, 0.15) is 81.7 Å². The molecule has 0 spiro atoms. The maximum atomic E-state index is 12.6. The minimum Gasteiger partial charge on any atom is -0.508 e. The summed E-state index contributed by atoms with van der Waals surface area (Å²) in [5.74, 6) is 0.372. The van der Waals surface area contributed by atoms with Crippen molar-refractivity contribution in [1.82, 2.24) is 0 Å².